The minimum atomic E-state index is 0.0325. The summed E-state index contributed by atoms with van der Waals surface area (Å²) in [6, 6.07) is 5.53. The number of hydrogen-bond donors (Lipinski definition) is 1. The number of rotatable bonds is 3. The zero-order valence-electron chi connectivity index (χ0n) is 9.30. The maximum atomic E-state index is 11.6. The molecular weight excluding hydrogens is 210 g/mol. The predicted molar refractivity (Wildman–Crippen MR) is 64.3 cm³/mol. The van der Waals surface area contributed by atoms with E-state index in [-0.39, 0.29) is 11.8 Å². The first-order chi connectivity index (χ1) is 7.04. The molecule has 2 nitrogen and oxygen atoms in total. The third-order valence-electron chi connectivity index (χ3n) is 2.50. The zero-order valence-corrected chi connectivity index (χ0v) is 10.1. The third kappa shape index (κ3) is 3.24. The monoisotopic (exact) mass is 225 g/mol. The van der Waals surface area contributed by atoms with Crippen molar-refractivity contribution in [3.63, 3.8) is 0 Å². The molecule has 0 saturated carbocycles. The van der Waals surface area contributed by atoms with Gasteiger partial charge in [0.1, 0.15) is 0 Å². The number of carbonyl (C=O) groups is 1. The molecule has 0 fully saturated rings. The van der Waals surface area contributed by atoms with Gasteiger partial charge in [-0.3, -0.25) is 4.79 Å². The Hall–Kier alpha value is -1.02. The lowest BCUT2D eigenvalue weighted by atomic mass is 10.1. The van der Waals surface area contributed by atoms with Crippen LogP contribution in [-0.2, 0) is 4.79 Å². The summed E-state index contributed by atoms with van der Waals surface area (Å²) in [5.41, 5.74) is 1.77. The fourth-order valence-corrected chi connectivity index (χ4v) is 1.30. The number of amides is 1. The summed E-state index contributed by atoms with van der Waals surface area (Å²) >= 11 is 5.96. The summed E-state index contributed by atoms with van der Waals surface area (Å²) in [4.78, 5) is 11.6. The Morgan fingerprint density at radius 1 is 1.53 bits per heavy atom. The molecule has 0 aliphatic rings. The highest BCUT2D eigenvalue weighted by molar-refractivity contribution is 6.31. The molecule has 0 heterocycles. The SMILES string of the molecule is CCC(C)C(=O)Nc1ccc(C)c(Cl)c1. The van der Waals surface area contributed by atoms with E-state index in [4.69, 9.17) is 11.6 Å². The van der Waals surface area contributed by atoms with Gasteiger partial charge < -0.3 is 5.32 Å². The van der Waals surface area contributed by atoms with Gasteiger partial charge in [-0.2, -0.15) is 0 Å². The molecule has 1 aromatic rings. The Kier molecular flexibility index (Phi) is 4.15. The highest BCUT2D eigenvalue weighted by atomic mass is 35.5. The average molecular weight is 226 g/mol. The number of carbonyl (C=O) groups excluding carboxylic acids is 1. The number of benzene rings is 1. The first-order valence-corrected chi connectivity index (χ1v) is 5.49. The lowest BCUT2D eigenvalue weighted by Gasteiger charge is -2.10. The molecule has 0 aromatic heterocycles. The molecular formula is C12H16ClNO. The van der Waals surface area contributed by atoms with Crippen molar-refractivity contribution in [2.75, 3.05) is 5.32 Å². The van der Waals surface area contributed by atoms with Gasteiger partial charge in [-0.05, 0) is 31.0 Å². The van der Waals surface area contributed by atoms with E-state index in [9.17, 15) is 4.79 Å². The Labute approximate surface area is 95.6 Å². The molecule has 1 aromatic carbocycles. The predicted octanol–water partition coefficient (Wildman–Crippen LogP) is 3.63. The van der Waals surface area contributed by atoms with Crippen molar-refractivity contribution in [2.24, 2.45) is 5.92 Å². The molecule has 1 unspecified atom stereocenters. The van der Waals surface area contributed by atoms with Crippen molar-refractivity contribution in [1.29, 1.82) is 0 Å². The van der Waals surface area contributed by atoms with Crippen molar-refractivity contribution in [3.05, 3.63) is 28.8 Å². The van der Waals surface area contributed by atoms with Crippen LogP contribution < -0.4 is 5.32 Å². The molecule has 1 rings (SSSR count). The Morgan fingerprint density at radius 3 is 2.73 bits per heavy atom. The van der Waals surface area contributed by atoms with Crippen LogP contribution in [0.25, 0.3) is 0 Å². The van der Waals surface area contributed by atoms with Crippen LogP contribution in [0.2, 0.25) is 5.02 Å². The van der Waals surface area contributed by atoms with Crippen molar-refractivity contribution in [3.8, 4) is 0 Å². The van der Waals surface area contributed by atoms with Crippen LogP contribution in [0.1, 0.15) is 25.8 Å². The topological polar surface area (TPSA) is 29.1 Å². The van der Waals surface area contributed by atoms with E-state index in [1.807, 2.05) is 32.9 Å². The van der Waals surface area contributed by atoms with Crippen molar-refractivity contribution < 1.29 is 4.79 Å². The first kappa shape index (κ1) is 12.1. The second-order valence-electron chi connectivity index (χ2n) is 3.76. The third-order valence-corrected chi connectivity index (χ3v) is 2.91. The van der Waals surface area contributed by atoms with E-state index < -0.39 is 0 Å². The van der Waals surface area contributed by atoms with Crippen molar-refractivity contribution in [2.45, 2.75) is 27.2 Å². The van der Waals surface area contributed by atoms with Gasteiger partial charge in [0.25, 0.3) is 0 Å². The van der Waals surface area contributed by atoms with Gasteiger partial charge in [-0.25, -0.2) is 0 Å². The van der Waals surface area contributed by atoms with E-state index in [0.717, 1.165) is 17.7 Å². The maximum absolute atomic E-state index is 11.6. The molecule has 0 aliphatic carbocycles. The largest absolute Gasteiger partial charge is 0.326 e. The van der Waals surface area contributed by atoms with Crippen molar-refractivity contribution in [1.82, 2.24) is 0 Å². The fraction of sp³-hybridized carbons (Fsp3) is 0.417. The number of halogens is 1. The Morgan fingerprint density at radius 2 is 2.20 bits per heavy atom. The van der Waals surface area contributed by atoms with E-state index in [2.05, 4.69) is 5.32 Å². The number of aryl methyl sites for hydroxylation is 1. The van der Waals surface area contributed by atoms with Gasteiger partial charge in [-0.1, -0.05) is 31.5 Å². The normalized spacial score (nSPS) is 12.3. The zero-order chi connectivity index (χ0) is 11.4. The highest BCUT2D eigenvalue weighted by Gasteiger charge is 2.10. The molecule has 1 amide bonds. The van der Waals surface area contributed by atoms with E-state index >= 15 is 0 Å². The summed E-state index contributed by atoms with van der Waals surface area (Å²) in [7, 11) is 0. The quantitative estimate of drug-likeness (QED) is 0.836. The molecule has 0 spiro atoms. The minimum absolute atomic E-state index is 0.0325. The molecule has 82 valence electrons. The first-order valence-electron chi connectivity index (χ1n) is 5.11. The summed E-state index contributed by atoms with van der Waals surface area (Å²) < 4.78 is 0. The molecule has 0 saturated heterocycles. The Balaban J connectivity index is 2.73. The van der Waals surface area contributed by atoms with Crippen LogP contribution in [0, 0.1) is 12.8 Å². The molecule has 0 radical (unpaired) electrons. The fourth-order valence-electron chi connectivity index (χ4n) is 1.12. The van der Waals surface area contributed by atoms with Gasteiger partial charge in [0.2, 0.25) is 5.91 Å². The number of anilines is 1. The van der Waals surface area contributed by atoms with Crippen LogP contribution >= 0.6 is 11.6 Å². The van der Waals surface area contributed by atoms with Gasteiger partial charge in [0, 0.05) is 16.6 Å². The highest BCUT2D eigenvalue weighted by Crippen LogP contribution is 2.20. The van der Waals surface area contributed by atoms with Crippen LogP contribution in [0.5, 0.6) is 0 Å². The van der Waals surface area contributed by atoms with Crippen LogP contribution in [0.4, 0.5) is 5.69 Å². The molecule has 3 heteroatoms. The van der Waals surface area contributed by atoms with Gasteiger partial charge >= 0.3 is 0 Å². The average Bonchev–Trinajstić information content (AvgIpc) is 2.22. The lowest BCUT2D eigenvalue weighted by Crippen LogP contribution is -2.19. The minimum Gasteiger partial charge on any atom is -0.326 e. The van der Waals surface area contributed by atoms with Crippen LogP contribution in [-0.4, -0.2) is 5.91 Å². The van der Waals surface area contributed by atoms with Crippen LogP contribution in [0.3, 0.4) is 0 Å². The summed E-state index contributed by atoms with van der Waals surface area (Å²) in [5, 5.41) is 3.52. The number of nitrogens with one attached hydrogen (secondary N) is 1. The maximum Gasteiger partial charge on any atom is 0.227 e. The molecule has 1 atom stereocenters. The van der Waals surface area contributed by atoms with Gasteiger partial charge in [0.15, 0.2) is 0 Å². The summed E-state index contributed by atoms with van der Waals surface area (Å²) in [6.07, 6.45) is 0.839. The van der Waals surface area contributed by atoms with Gasteiger partial charge in [0.05, 0.1) is 0 Å². The lowest BCUT2D eigenvalue weighted by molar-refractivity contribution is -0.119. The van der Waals surface area contributed by atoms with Gasteiger partial charge in [-0.15, -0.1) is 0 Å². The van der Waals surface area contributed by atoms with Crippen molar-refractivity contribution >= 4 is 23.2 Å². The standard InChI is InChI=1S/C12H16ClNO/c1-4-8(2)12(15)14-10-6-5-9(3)11(13)7-10/h5-8H,4H2,1-3H3,(H,14,15). The molecule has 0 bridgehead atoms. The second kappa shape index (κ2) is 5.17. The summed E-state index contributed by atoms with van der Waals surface area (Å²) in [6.45, 7) is 5.83. The second-order valence-corrected chi connectivity index (χ2v) is 4.17. The summed E-state index contributed by atoms with van der Waals surface area (Å²) in [5.74, 6) is 0.0718. The molecule has 15 heavy (non-hydrogen) atoms. The number of hydrogen-bond acceptors (Lipinski definition) is 1. The van der Waals surface area contributed by atoms with E-state index in [1.54, 1.807) is 6.07 Å². The molecule has 1 N–H and O–H groups in total. The Bertz CT molecular complexity index is 363. The molecule has 0 aliphatic heterocycles. The van der Waals surface area contributed by atoms with E-state index in [0.29, 0.717) is 5.02 Å². The smallest absolute Gasteiger partial charge is 0.227 e. The van der Waals surface area contributed by atoms with Crippen LogP contribution in [0.15, 0.2) is 18.2 Å². The van der Waals surface area contributed by atoms with E-state index in [1.165, 1.54) is 0 Å².